The number of hydrazone groups is 1. The van der Waals surface area contributed by atoms with Crippen molar-refractivity contribution in [1.82, 2.24) is 10.4 Å². The summed E-state index contributed by atoms with van der Waals surface area (Å²) in [6, 6.07) is 12.8. The summed E-state index contributed by atoms with van der Waals surface area (Å²) in [5.41, 5.74) is 4.08. The van der Waals surface area contributed by atoms with E-state index in [0.717, 1.165) is 9.13 Å². The lowest BCUT2D eigenvalue weighted by Gasteiger charge is -2.13. The number of nitro groups is 1. The zero-order valence-electron chi connectivity index (χ0n) is 16.6. The van der Waals surface area contributed by atoms with Gasteiger partial charge in [0, 0.05) is 18.3 Å². The number of carbonyl (C=O) groups is 1. The molecule has 0 unspecified atom stereocenters. The van der Waals surface area contributed by atoms with Crippen molar-refractivity contribution in [1.29, 1.82) is 0 Å². The number of nitrogens with one attached hydrogen (secondary N) is 1. The van der Waals surface area contributed by atoms with Crippen LogP contribution in [0.3, 0.4) is 0 Å². The third-order valence-corrected chi connectivity index (χ3v) is 5.27. The standard InChI is InChI=1S/C21H16ClIN4O5/c1-31-18-10-14(11-25-26-21(28)16-3-2-8-24-20(16)22)9-17(23)19(18)32-12-13-4-6-15(7-5-13)27(29)30/h2-11H,12H2,1H3,(H,26,28). The zero-order chi connectivity index (χ0) is 23.1. The number of nitrogens with zero attached hydrogens (tertiary/aromatic N) is 3. The van der Waals surface area contributed by atoms with Gasteiger partial charge in [0.1, 0.15) is 11.8 Å². The summed E-state index contributed by atoms with van der Waals surface area (Å²) >= 11 is 8.00. The Balaban J connectivity index is 1.69. The molecular weight excluding hydrogens is 551 g/mol. The maximum Gasteiger partial charge on any atom is 0.274 e. The van der Waals surface area contributed by atoms with Crippen LogP contribution in [0.5, 0.6) is 11.5 Å². The highest BCUT2D eigenvalue weighted by Gasteiger charge is 2.13. The van der Waals surface area contributed by atoms with E-state index in [4.69, 9.17) is 21.1 Å². The molecule has 0 saturated carbocycles. The van der Waals surface area contributed by atoms with Crippen LogP contribution in [-0.2, 0) is 6.61 Å². The van der Waals surface area contributed by atoms with E-state index in [-0.39, 0.29) is 23.0 Å². The number of methoxy groups -OCH3 is 1. The smallest absolute Gasteiger partial charge is 0.274 e. The van der Waals surface area contributed by atoms with Gasteiger partial charge in [-0.05, 0) is 70.1 Å². The predicted octanol–water partition coefficient (Wildman–Crippen LogP) is 4.60. The minimum absolute atomic E-state index is 0.0161. The van der Waals surface area contributed by atoms with E-state index in [2.05, 4.69) is 38.1 Å². The lowest BCUT2D eigenvalue weighted by atomic mass is 10.2. The first-order chi connectivity index (χ1) is 15.4. The van der Waals surface area contributed by atoms with E-state index in [1.165, 1.54) is 31.7 Å². The Kier molecular flexibility index (Phi) is 7.95. The lowest BCUT2D eigenvalue weighted by Crippen LogP contribution is -2.18. The predicted molar refractivity (Wildman–Crippen MR) is 127 cm³/mol. The monoisotopic (exact) mass is 566 g/mol. The van der Waals surface area contributed by atoms with E-state index in [9.17, 15) is 14.9 Å². The largest absolute Gasteiger partial charge is 0.493 e. The molecule has 0 atom stereocenters. The molecule has 0 aliphatic rings. The molecule has 0 saturated heterocycles. The highest BCUT2D eigenvalue weighted by molar-refractivity contribution is 14.1. The Morgan fingerprint density at radius 3 is 2.72 bits per heavy atom. The van der Waals surface area contributed by atoms with Crippen molar-refractivity contribution in [3.05, 3.63) is 90.3 Å². The molecule has 3 rings (SSSR count). The Labute approximate surface area is 201 Å². The van der Waals surface area contributed by atoms with Crippen LogP contribution >= 0.6 is 34.2 Å². The van der Waals surface area contributed by atoms with Crippen LogP contribution in [0, 0.1) is 13.7 Å². The van der Waals surface area contributed by atoms with E-state index in [1.54, 1.807) is 36.4 Å². The molecule has 0 aliphatic heterocycles. The van der Waals surface area contributed by atoms with Gasteiger partial charge in [0.25, 0.3) is 11.6 Å². The molecule has 3 aromatic rings. The van der Waals surface area contributed by atoms with Crippen molar-refractivity contribution in [3.8, 4) is 11.5 Å². The summed E-state index contributed by atoms with van der Waals surface area (Å²) in [6.07, 6.45) is 2.95. The minimum atomic E-state index is -0.482. The van der Waals surface area contributed by atoms with Crippen molar-refractivity contribution in [3.63, 3.8) is 0 Å². The molecule has 1 aromatic heterocycles. The third-order valence-electron chi connectivity index (χ3n) is 4.17. The number of benzene rings is 2. The van der Waals surface area contributed by atoms with Gasteiger partial charge in [-0.1, -0.05) is 11.6 Å². The van der Waals surface area contributed by atoms with Gasteiger partial charge in [-0.25, -0.2) is 10.4 Å². The number of hydrogen-bond acceptors (Lipinski definition) is 7. The van der Waals surface area contributed by atoms with Crippen molar-refractivity contribution in [2.75, 3.05) is 7.11 Å². The van der Waals surface area contributed by atoms with Gasteiger partial charge in [-0.15, -0.1) is 0 Å². The number of halogens is 2. The third kappa shape index (κ3) is 5.92. The van der Waals surface area contributed by atoms with Gasteiger partial charge < -0.3 is 9.47 Å². The number of carbonyl (C=O) groups excluding carboxylic acids is 1. The first kappa shape index (κ1) is 23.4. The minimum Gasteiger partial charge on any atom is -0.493 e. The molecule has 0 fully saturated rings. The van der Waals surface area contributed by atoms with E-state index < -0.39 is 10.8 Å². The highest BCUT2D eigenvalue weighted by Crippen LogP contribution is 2.34. The van der Waals surface area contributed by atoms with Crippen LogP contribution in [0.4, 0.5) is 5.69 Å². The Bertz CT molecular complexity index is 1170. The van der Waals surface area contributed by atoms with Crippen LogP contribution in [0.15, 0.2) is 59.8 Å². The normalized spacial score (nSPS) is 10.7. The van der Waals surface area contributed by atoms with Gasteiger partial charge in [0.05, 0.1) is 27.4 Å². The molecule has 9 nitrogen and oxygen atoms in total. The van der Waals surface area contributed by atoms with Gasteiger partial charge in [0.2, 0.25) is 0 Å². The molecule has 2 aromatic carbocycles. The van der Waals surface area contributed by atoms with E-state index in [0.29, 0.717) is 17.1 Å². The molecule has 32 heavy (non-hydrogen) atoms. The van der Waals surface area contributed by atoms with Gasteiger partial charge in [0.15, 0.2) is 11.5 Å². The quantitative estimate of drug-likeness (QED) is 0.140. The fourth-order valence-corrected chi connectivity index (χ4v) is 3.59. The second-order valence-corrected chi connectivity index (χ2v) is 7.81. The van der Waals surface area contributed by atoms with Crippen molar-refractivity contribution < 1.29 is 19.2 Å². The molecule has 0 radical (unpaired) electrons. The SMILES string of the molecule is COc1cc(C=NNC(=O)c2cccnc2Cl)cc(I)c1OCc1ccc([N+](=O)[O-])cc1. The van der Waals surface area contributed by atoms with Gasteiger partial charge >= 0.3 is 0 Å². The molecule has 0 spiro atoms. The number of rotatable bonds is 8. The van der Waals surface area contributed by atoms with Crippen LogP contribution in [0.2, 0.25) is 5.15 Å². The Hall–Kier alpha value is -3.25. The van der Waals surface area contributed by atoms with Crippen LogP contribution < -0.4 is 14.9 Å². The lowest BCUT2D eigenvalue weighted by molar-refractivity contribution is -0.384. The average molecular weight is 567 g/mol. The molecule has 11 heteroatoms. The van der Waals surface area contributed by atoms with Crippen LogP contribution in [0.25, 0.3) is 0 Å². The Morgan fingerprint density at radius 1 is 1.31 bits per heavy atom. The fourth-order valence-electron chi connectivity index (χ4n) is 2.60. The molecule has 1 heterocycles. The molecule has 164 valence electrons. The number of hydrogen-bond donors (Lipinski definition) is 1. The summed E-state index contributed by atoms with van der Waals surface area (Å²) in [6.45, 7) is 0.208. The summed E-state index contributed by atoms with van der Waals surface area (Å²) in [4.78, 5) is 26.3. The van der Waals surface area contributed by atoms with E-state index >= 15 is 0 Å². The number of ether oxygens (including phenoxy) is 2. The van der Waals surface area contributed by atoms with Gasteiger partial charge in [-0.3, -0.25) is 14.9 Å². The van der Waals surface area contributed by atoms with Crippen molar-refractivity contribution >= 4 is 52.0 Å². The average Bonchev–Trinajstić information content (AvgIpc) is 2.78. The first-order valence-corrected chi connectivity index (χ1v) is 10.5. The second-order valence-electron chi connectivity index (χ2n) is 6.29. The topological polar surface area (TPSA) is 116 Å². The zero-order valence-corrected chi connectivity index (χ0v) is 19.5. The number of pyridine rings is 1. The van der Waals surface area contributed by atoms with Gasteiger partial charge in [-0.2, -0.15) is 5.10 Å². The second kappa shape index (κ2) is 10.9. The molecule has 0 bridgehead atoms. The number of non-ortho nitro benzene ring substituents is 1. The highest BCUT2D eigenvalue weighted by atomic mass is 127. The number of nitro benzene ring substituents is 1. The van der Waals surface area contributed by atoms with Crippen molar-refractivity contribution in [2.45, 2.75) is 6.61 Å². The summed E-state index contributed by atoms with van der Waals surface area (Å²) in [5.74, 6) is 0.515. The van der Waals surface area contributed by atoms with Crippen LogP contribution in [-0.4, -0.2) is 29.1 Å². The molecular formula is C21H16ClIN4O5. The van der Waals surface area contributed by atoms with Crippen molar-refractivity contribution in [2.24, 2.45) is 5.10 Å². The number of amides is 1. The Morgan fingerprint density at radius 2 is 2.06 bits per heavy atom. The maximum atomic E-state index is 12.1. The molecule has 0 aliphatic carbocycles. The van der Waals surface area contributed by atoms with Crippen LogP contribution in [0.1, 0.15) is 21.5 Å². The molecule has 1 N–H and O–H groups in total. The number of aromatic nitrogens is 1. The fraction of sp³-hybridized carbons (Fsp3) is 0.0952. The van der Waals surface area contributed by atoms with E-state index in [1.807, 2.05) is 0 Å². The first-order valence-electron chi connectivity index (χ1n) is 9.06. The summed E-state index contributed by atoms with van der Waals surface area (Å²) in [5, 5.41) is 14.8. The maximum absolute atomic E-state index is 12.1. The molecule has 1 amide bonds. The summed E-state index contributed by atoms with van der Waals surface area (Å²) < 4.78 is 12.1. The summed E-state index contributed by atoms with van der Waals surface area (Å²) in [7, 11) is 1.51.